The highest BCUT2D eigenvalue weighted by Crippen LogP contribution is 2.28. The third-order valence-electron chi connectivity index (χ3n) is 6.25. The molecule has 5 rings (SSSR count). The number of rotatable bonds is 4. The van der Waals surface area contributed by atoms with E-state index in [1.165, 1.54) is 11.6 Å². The summed E-state index contributed by atoms with van der Waals surface area (Å²) in [4.78, 5) is 54.5. The van der Waals surface area contributed by atoms with Crippen molar-refractivity contribution in [2.45, 2.75) is 32.1 Å². The van der Waals surface area contributed by atoms with E-state index < -0.39 is 11.5 Å². The summed E-state index contributed by atoms with van der Waals surface area (Å²) in [7, 11) is 0. The maximum absolute atomic E-state index is 12.8. The molecule has 0 fully saturated rings. The molecule has 3 aromatic rings. The minimum absolute atomic E-state index is 0.0296. The Bertz CT molecular complexity index is 1320. The van der Waals surface area contributed by atoms with E-state index in [0.29, 0.717) is 42.8 Å². The van der Waals surface area contributed by atoms with Crippen molar-refractivity contribution in [3.8, 4) is 0 Å². The quantitative estimate of drug-likeness (QED) is 0.649. The van der Waals surface area contributed by atoms with Gasteiger partial charge in [-0.2, -0.15) is 0 Å². The van der Waals surface area contributed by atoms with E-state index >= 15 is 0 Å². The van der Waals surface area contributed by atoms with Gasteiger partial charge in [0.15, 0.2) is 5.78 Å². The zero-order chi connectivity index (χ0) is 22.9. The fraction of sp³-hybridized carbons (Fsp3) is 0.231. The van der Waals surface area contributed by atoms with E-state index in [0.717, 1.165) is 17.7 Å². The Balaban J connectivity index is 1.27. The van der Waals surface area contributed by atoms with Gasteiger partial charge in [-0.3, -0.25) is 19.2 Å². The van der Waals surface area contributed by atoms with Gasteiger partial charge in [-0.1, -0.05) is 30.3 Å². The number of nitrogens with zero attached hydrogens (tertiary/aromatic N) is 1. The zero-order valence-electron chi connectivity index (χ0n) is 18.0. The summed E-state index contributed by atoms with van der Waals surface area (Å²) in [5.41, 5.74) is 3.92. The van der Waals surface area contributed by atoms with Gasteiger partial charge in [-0.05, 0) is 54.7 Å². The molecule has 0 spiro atoms. The fourth-order valence-electron chi connectivity index (χ4n) is 4.52. The molecule has 33 heavy (non-hydrogen) atoms. The Kier molecular flexibility index (Phi) is 5.38. The maximum Gasteiger partial charge on any atom is 0.261 e. The van der Waals surface area contributed by atoms with Crippen molar-refractivity contribution in [2.75, 3.05) is 16.8 Å². The average molecular weight is 441 g/mol. The number of aryl methyl sites for hydroxylation is 1. The molecular weight excluding hydrogens is 418 g/mol. The first-order valence-corrected chi connectivity index (χ1v) is 11.1. The Labute approximate surface area is 190 Å². The number of nitrogens with one attached hydrogen (secondary N) is 2. The number of fused-ring (bicyclic) bond motifs is 2. The number of hydrogen-bond acceptors (Lipinski definition) is 4. The third kappa shape index (κ3) is 4.09. The summed E-state index contributed by atoms with van der Waals surface area (Å²) >= 11 is 0. The van der Waals surface area contributed by atoms with Crippen LogP contribution in [-0.4, -0.2) is 29.1 Å². The Morgan fingerprint density at radius 3 is 2.58 bits per heavy atom. The number of H-pyrrole nitrogens is 1. The number of benzene rings is 2. The molecule has 7 nitrogen and oxygen atoms in total. The molecule has 166 valence electrons. The first-order chi connectivity index (χ1) is 16.0. The van der Waals surface area contributed by atoms with Crippen LogP contribution in [-0.2, 0) is 24.1 Å². The Morgan fingerprint density at radius 1 is 0.970 bits per heavy atom. The number of carbonyl (C=O) groups is 3. The molecule has 2 N–H and O–H groups in total. The van der Waals surface area contributed by atoms with Gasteiger partial charge in [-0.25, -0.2) is 0 Å². The fourth-order valence-corrected chi connectivity index (χ4v) is 4.52. The van der Waals surface area contributed by atoms with Crippen molar-refractivity contribution in [2.24, 2.45) is 0 Å². The highest BCUT2D eigenvalue weighted by Gasteiger charge is 2.24. The number of hydrogen-bond donors (Lipinski definition) is 2. The highest BCUT2D eigenvalue weighted by molar-refractivity contribution is 6.06. The Morgan fingerprint density at radius 2 is 1.76 bits per heavy atom. The molecule has 1 aromatic heterocycles. The number of anilines is 2. The number of aromatic nitrogens is 1. The van der Waals surface area contributed by atoms with Crippen LogP contribution >= 0.6 is 0 Å². The summed E-state index contributed by atoms with van der Waals surface area (Å²) in [5.74, 6) is -0.604. The molecule has 0 atom stereocenters. The molecule has 1 aliphatic carbocycles. The summed E-state index contributed by atoms with van der Waals surface area (Å²) < 4.78 is 0. The van der Waals surface area contributed by atoms with Gasteiger partial charge >= 0.3 is 0 Å². The van der Waals surface area contributed by atoms with Crippen LogP contribution in [0.1, 0.15) is 50.4 Å². The molecule has 2 aromatic carbocycles. The third-order valence-corrected chi connectivity index (χ3v) is 6.25. The van der Waals surface area contributed by atoms with Crippen molar-refractivity contribution in [1.29, 1.82) is 0 Å². The van der Waals surface area contributed by atoms with E-state index in [2.05, 4.69) is 10.3 Å². The number of ketones is 1. The lowest BCUT2D eigenvalue weighted by Gasteiger charge is -2.17. The molecule has 0 saturated heterocycles. The summed E-state index contributed by atoms with van der Waals surface area (Å²) in [6.07, 6.45) is 2.87. The van der Waals surface area contributed by atoms with E-state index in [4.69, 9.17) is 0 Å². The molecular formula is C26H23N3O4. The lowest BCUT2D eigenvalue weighted by atomic mass is 9.93. The van der Waals surface area contributed by atoms with Gasteiger partial charge in [-0.15, -0.1) is 0 Å². The summed E-state index contributed by atoms with van der Waals surface area (Å²) in [6.45, 7) is 0.685. The summed E-state index contributed by atoms with van der Waals surface area (Å²) in [6, 6.07) is 16.3. The van der Waals surface area contributed by atoms with Gasteiger partial charge in [0.25, 0.3) is 11.5 Å². The molecule has 0 unspecified atom stereocenters. The van der Waals surface area contributed by atoms with Crippen molar-refractivity contribution in [3.05, 3.63) is 92.9 Å². The van der Waals surface area contributed by atoms with E-state index in [-0.39, 0.29) is 23.7 Å². The van der Waals surface area contributed by atoms with Crippen molar-refractivity contribution >= 4 is 29.0 Å². The van der Waals surface area contributed by atoms with Gasteiger partial charge in [0.1, 0.15) is 5.56 Å². The number of carbonyl (C=O) groups excluding carboxylic acids is 3. The predicted octanol–water partition coefficient (Wildman–Crippen LogP) is 3.28. The van der Waals surface area contributed by atoms with Crippen LogP contribution in [0, 0.1) is 0 Å². The zero-order valence-corrected chi connectivity index (χ0v) is 18.0. The first kappa shape index (κ1) is 20.9. The van der Waals surface area contributed by atoms with Gasteiger partial charge < -0.3 is 15.2 Å². The molecule has 2 aliphatic rings. The van der Waals surface area contributed by atoms with Gasteiger partial charge in [0, 0.05) is 35.6 Å². The van der Waals surface area contributed by atoms with Crippen LogP contribution in [0.2, 0.25) is 0 Å². The number of aromatic amines is 1. The summed E-state index contributed by atoms with van der Waals surface area (Å²) in [5, 5.41) is 2.70. The van der Waals surface area contributed by atoms with E-state index in [9.17, 15) is 19.2 Å². The van der Waals surface area contributed by atoms with Crippen LogP contribution in [0.25, 0.3) is 0 Å². The van der Waals surface area contributed by atoms with Crippen LogP contribution in [0.5, 0.6) is 0 Å². The highest BCUT2D eigenvalue weighted by atomic mass is 16.2. The molecule has 0 radical (unpaired) electrons. The lowest BCUT2D eigenvalue weighted by Crippen LogP contribution is -2.30. The second-order valence-corrected chi connectivity index (χ2v) is 8.43. The van der Waals surface area contributed by atoms with Crippen LogP contribution in [0.3, 0.4) is 0 Å². The minimum atomic E-state index is -0.574. The molecule has 2 heterocycles. The largest absolute Gasteiger partial charge is 0.325 e. The number of amides is 2. The van der Waals surface area contributed by atoms with Gasteiger partial charge in [0.05, 0.1) is 6.42 Å². The Hall–Kier alpha value is -4.00. The average Bonchev–Trinajstić information content (AvgIpc) is 3.24. The normalized spacial score (nSPS) is 14.5. The van der Waals surface area contributed by atoms with Gasteiger partial charge in [0.2, 0.25) is 5.91 Å². The molecule has 7 heteroatoms. The molecule has 1 aliphatic heterocycles. The predicted molar refractivity (Wildman–Crippen MR) is 125 cm³/mol. The maximum atomic E-state index is 12.8. The second kappa shape index (κ2) is 8.50. The van der Waals surface area contributed by atoms with Crippen LogP contribution < -0.4 is 15.8 Å². The van der Waals surface area contributed by atoms with Crippen molar-refractivity contribution in [1.82, 2.24) is 4.98 Å². The van der Waals surface area contributed by atoms with E-state index in [1.54, 1.807) is 24.3 Å². The topological polar surface area (TPSA) is 99.3 Å². The standard InChI is InChI=1S/C26H23N3O4/c30-23-7-3-5-21-19(23)15-20(26(33)28-21)25(32)27-18-10-8-16(9-11-18)14-24(31)29-13-12-17-4-1-2-6-22(17)29/h1-2,4,6,8-11,15H,3,5,7,12-14H2,(H,27,32)(H,28,33). The monoisotopic (exact) mass is 441 g/mol. The smallest absolute Gasteiger partial charge is 0.261 e. The number of pyridine rings is 1. The van der Waals surface area contributed by atoms with Crippen molar-refractivity contribution < 1.29 is 14.4 Å². The molecule has 2 amide bonds. The SMILES string of the molecule is O=C1CCCc2[nH]c(=O)c(C(=O)Nc3ccc(CC(=O)N4CCc5ccccc54)cc3)cc21. The van der Waals surface area contributed by atoms with E-state index in [1.807, 2.05) is 29.2 Å². The molecule has 0 saturated carbocycles. The number of para-hydroxylation sites is 1. The van der Waals surface area contributed by atoms with Crippen LogP contribution in [0.15, 0.2) is 59.4 Å². The van der Waals surface area contributed by atoms with Crippen molar-refractivity contribution in [3.63, 3.8) is 0 Å². The lowest BCUT2D eigenvalue weighted by molar-refractivity contribution is -0.117. The van der Waals surface area contributed by atoms with Crippen LogP contribution in [0.4, 0.5) is 11.4 Å². The second-order valence-electron chi connectivity index (χ2n) is 8.43. The first-order valence-electron chi connectivity index (χ1n) is 11.1. The minimum Gasteiger partial charge on any atom is -0.325 e. The number of Topliss-reactive ketones (excluding diaryl/α,β-unsaturated/α-hetero) is 1. The molecule has 0 bridgehead atoms.